The Balaban J connectivity index is 5.33. The molecule has 0 aliphatic heterocycles. The number of ether oxygens (including phenoxy) is 1. The molecule has 0 N–H and O–H groups in total. The molecular weight excluding hydrogens is 388 g/mol. The van der Waals surface area contributed by atoms with Crippen LogP contribution in [0.25, 0.3) is 0 Å². The highest BCUT2D eigenvalue weighted by atomic mass is 19.4. The van der Waals surface area contributed by atoms with Crippen LogP contribution < -0.4 is 0 Å². The average Bonchev–Trinajstić information content (AvgIpc) is 2.44. The normalized spacial score (nSPS) is 16.2. The lowest BCUT2D eigenvalue weighted by molar-refractivity contribution is -0.421. The summed E-state index contributed by atoms with van der Waals surface area (Å²) in [4.78, 5) is 0. The van der Waals surface area contributed by atoms with Crippen LogP contribution in [0.15, 0.2) is 0 Å². The number of halogens is 12. The number of alkyl halides is 12. The van der Waals surface area contributed by atoms with Gasteiger partial charge in [0.05, 0.1) is 6.61 Å². The average molecular weight is 402 g/mol. The van der Waals surface area contributed by atoms with Crippen molar-refractivity contribution in [2.75, 3.05) is 6.61 Å². The summed E-state index contributed by atoms with van der Waals surface area (Å²) >= 11 is 0. The van der Waals surface area contributed by atoms with Gasteiger partial charge in [-0.3, -0.25) is 0 Å². The van der Waals surface area contributed by atoms with E-state index in [1.807, 2.05) is 0 Å². The van der Waals surface area contributed by atoms with E-state index in [-0.39, 0.29) is 12.8 Å². The molecule has 1 nitrogen and oxygen atoms in total. The Morgan fingerprint density at radius 2 is 1.20 bits per heavy atom. The molecule has 1 atom stereocenters. The van der Waals surface area contributed by atoms with Gasteiger partial charge in [-0.05, 0) is 6.42 Å². The Morgan fingerprint density at radius 3 is 1.60 bits per heavy atom. The van der Waals surface area contributed by atoms with Crippen LogP contribution in [0.1, 0.15) is 32.6 Å². The highest BCUT2D eigenvalue weighted by Gasteiger charge is 2.85. The van der Waals surface area contributed by atoms with Crippen LogP contribution in [0.4, 0.5) is 52.7 Å². The van der Waals surface area contributed by atoms with Crippen molar-refractivity contribution in [3.05, 3.63) is 0 Å². The van der Waals surface area contributed by atoms with Crippen LogP contribution in [-0.4, -0.2) is 42.8 Å². The second-order valence-corrected chi connectivity index (χ2v) is 5.10. The molecule has 25 heavy (non-hydrogen) atoms. The molecule has 0 fully saturated rings. The molecule has 0 aliphatic carbocycles. The first kappa shape index (κ1) is 24.1. The second-order valence-electron chi connectivity index (χ2n) is 5.10. The van der Waals surface area contributed by atoms with E-state index >= 15 is 0 Å². The molecule has 0 aliphatic rings. The van der Waals surface area contributed by atoms with Crippen LogP contribution in [0.2, 0.25) is 0 Å². The van der Waals surface area contributed by atoms with Gasteiger partial charge in [-0.15, -0.1) is 0 Å². The molecule has 0 aromatic carbocycles. The largest absolute Gasteiger partial charge is 0.460 e. The summed E-state index contributed by atoms with van der Waals surface area (Å²) in [7, 11) is 0. The van der Waals surface area contributed by atoms with Crippen molar-refractivity contribution in [3.8, 4) is 0 Å². The van der Waals surface area contributed by atoms with Crippen LogP contribution >= 0.6 is 0 Å². The third-order valence-electron chi connectivity index (χ3n) is 3.07. The van der Waals surface area contributed by atoms with Crippen molar-refractivity contribution in [2.24, 2.45) is 0 Å². The summed E-state index contributed by atoms with van der Waals surface area (Å²) in [6.45, 7) is 0.612. The fourth-order valence-corrected chi connectivity index (χ4v) is 1.57. The maximum absolute atomic E-state index is 13.1. The van der Waals surface area contributed by atoms with Gasteiger partial charge in [0.1, 0.15) is 0 Å². The predicted molar refractivity (Wildman–Crippen MR) is 60.8 cm³/mol. The first-order valence-corrected chi connectivity index (χ1v) is 6.82. The minimum absolute atomic E-state index is 0.224. The summed E-state index contributed by atoms with van der Waals surface area (Å²) in [6, 6.07) is 0. The van der Waals surface area contributed by atoms with E-state index in [4.69, 9.17) is 0 Å². The van der Waals surface area contributed by atoms with E-state index in [9.17, 15) is 52.7 Å². The van der Waals surface area contributed by atoms with Gasteiger partial charge >= 0.3 is 30.1 Å². The molecule has 0 heterocycles. The zero-order valence-electron chi connectivity index (χ0n) is 12.6. The first-order chi connectivity index (χ1) is 11.0. The molecule has 0 spiro atoms. The van der Waals surface area contributed by atoms with E-state index < -0.39 is 42.8 Å². The van der Waals surface area contributed by atoms with Crippen molar-refractivity contribution in [1.82, 2.24) is 0 Å². The SMILES string of the molecule is CCCCCCOC(F)(F)C(F)C(F)(F)C(F)(F)C(F)(F)C(F)(F)F. The molecule has 0 bridgehead atoms. The Hall–Kier alpha value is -0.880. The first-order valence-electron chi connectivity index (χ1n) is 6.82. The molecular formula is C12H14F12O. The van der Waals surface area contributed by atoms with Gasteiger partial charge in [0.25, 0.3) is 6.17 Å². The Kier molecular flexibility index (Phi) is 7.51. The van der Waals surface area contributed by atoms with Crippen LogP contribution in [-0.2, 0) is 4.74 Å². The van der Waals surface area contributed by atoms with Gasteiger partial charge in [0.15, 0.2) is 0 Å². The van der Waals surface area contributed by atoms with Crippen LogP contribution in [0.3, 0.4) is 0 Å². The van der Waals surface area contributed by atoms with Gasteiger partial charge < -0.3 is 4.74 Å². The Morgan fingerprint density at radius 1 is 0.720 bits per heavy atom. The fourth-order valence-electron chi connectivity index (χ4n) is 1.57. The van der Waals surface area contributed by atoms with Crippen LogP contribution in [0.5, 0.6) is 0 Å². The van der Waals surface area contributed by atoms with Gasteiger partial charge in [-0.1, -0.05) is 26.2 Å². The zero-order chi connectivity index (χ0) is 20.3. The lowest BCUT2D eigenvalue weighted by Crippen LogP contribution is -2.66. The maximum Gasteiger partial charge on any atom is 0.460 e. The lowest BCUT2D eigenvalue weighted by atomic mass is 9.99. The number of hydrogen-bond donors (Lipinski definition) is 0. The van der Waals surface area contributed by atoms with Gasteiger partial charge in [-0.2, -0.15) is 48.3 Å². The van der Waals surface area contributed by atoms with E-state index in [0.29, 0.717) is 12.8 Å². The summed E-state index contributed by atoms with van der Waals surface area (Å²) in [6.07, 6.45) is -17.3. The quantitative estimate of drug-likeness (QED) is 0.323. The van der Waals surface area contributed by atoms with E-state index in [1.165, 1.54) is 0 Å². The lowest BCUT2D eigenvalue weighted by Gasteiger charge is -2.36. The molecule has 0 saturated heterocycles. The molecule has 152 valence electrons. The van der Waals surface area contributed by atoms with E-state index in [2.05, 4.69) is 4.74 Å². The Bertz CT molecular complexity index is 417. The summed E-state index contributed by atoms with van der Waals surface area (Å²) in [5.74, 6) is -22.0. The maximum atomic E-state index is 13.1. The molecule has 0 amide bonds. The molecule has 1 unspecified atom stereocenters. The van der Waals surface area contributed by atoms with E-state index in [1.54, 1.807) is 6.92 Å². The van der Waals surface area contributed by atoms with Crippen molar-refractivity contribution >= 4 is 0 Å². The highest BCUT2D eigenvalue weighted by molar-refractivity contribution is 5.05. The van der Waals surface area contributed by atoms with Gasteiger partial charge in [0.2, 0.25) is 0 Å². The number of rotatable bonds is 10. The molecule has 0 saturated carbocycles. The third-order valence-corrected chi connectivity index (χ3v) is 3.07. The topological polar surface area (TPSA) is 9.23 Å². The van der Waals surface area contributed by atoms with Crippen molar-refractivity contribution in [1.29, 1.82) is 0 Å². The third kappa shape index (κ3) is 4.85. The molecule has 0 rings (SSSR count). The highest BCUT2D eigenvalue weighted by Crippen LogP contribution is 2.56. The second kappa shape index (κ2) is 7.78. The molecule has 13 heteroatoms. The standard InChI is InChI=1S/C12H14F12O/c1-2-3-4-5-6-25-9(16,17)7(13)8(14,15)10(18,19)11(20,21)12(22,23)24/h7H,2-6H2,1H3. The monoisotopic (exact) mass is 402 g/mol. The fraction of sp³-hybridized carbons (Fsp3) is 1.00. The summed E-state index contributed by atoms with van der Waals surface area (Å²) < 4.78 is 155. The smallest absolute Gasteiger partial charge is 0.318 e. The minimum Gasteiger partial charge on any atom is -0.318 e. The van der Waals surface area contributed by atoms with Crippen LogP contribution in [0, 0.1) is 0 Å². The minimum atomic E-state index is -7.48. The number of unbranched alkanes of at least 4 members (excludes halogenated alkanes) is 3. The van der Waals surface area contributed by atoms with Crippen molar-refractivity contribution < 1.29 is 57.4 Å². The molecule has 0 aromatic rings. The summed E-state index contributed by atoms with van der Waals surface area (Å²) in [5, 5.41) is 0. The van der Waals surface area contributed by atoms with Crippen molar-refractivity contribution in [2.45, 2.75) is 68.8 Å². The van der Waals surface area contributed by atoms with E-state index in [0.717, 1.165) is 0 Å². The molecule has 0 aromatic heterocycles. The predicted octanol–water partition coefficient (Wildman–Crippen LogP) is 5.98. The number of hydrogen-bond acceptors (Lipinski definition) is 1. The molecule has 0 radical (unpaired) electrons. The van der Waals surface area contributed by atoms with Crippen molar-refractivity contribution in [3.63, 3.8) is 0 Å². The Labute approximate surface area is 134 Å². The van der Waals surface area contributed by atoms with Gasteiger partial charge in [0, 0.05) is 0 Å². The summed E-state index contributed by atoms with van der Waals surface area (Å²) in [5.41, 5.74) is 0. The van der Waals surface area contributed by atoms with Gasteiger partial charge in [-0.25, -0.2) is 4.39 Å². The zero-order valence-corrected chi connectivity index (χ0v) is 12.6.